The summed E-state index contributed by atoms with van der Waals surface area (Å²) in [6, 6.07) is 3.97. The van der Waals surface area contributed by atoms with Gasteiger partial charge in [-0.25, -0.2) is 0 Å². The fraction of sp³-hybridized carbons (Fsp3) is 0.538. The van der Waals surface area contributed by atoms with Crippen LogP contribution in [0, 0.1) is 6.92 Å². The number of hydrogen-bond donors (Lipinski definition) is 1. The molecule has 0 aliphatic heterocycles. The van der Waals surface area contributed by atoms with E-state index < -0.39 is 0 Å². The molecule has 0 spiro atoms. The lowest BCUT2D eigenvalue weighted by Crippen LogP contribution is -2.05. The van der Waals surface area contributed by atoms with E-state index in [9.17, 15) is 5.11 Å². The molecule has 1 aromatic carbocycles. The van der Waals surface area contributed by atoms with Crippen molar-refractivity contribution in [1.82, 2.24) is 0 Å². The predicted octanol–water partition coefficient (Wildman–Crippen LogP) is 4.51. The highest BCUT2D eigenvalue weighted by Crippen LogP contribution is 2.38. The molecule has 2 heteroatoms. The summed E-state index contributed by atoms with van der Waals surface area (Å²) in [5, 5.41) is 9.73. The van der Waals surface area contributed by atoms with Crippen LogP contribution >= 0.6 is 15.9 Å². The van der Waals surface area contributed by atoms with Gasteiger partial charge in [-0.3, -0.25) is 0 Å². The van der Waals surface area contributed by atoms with E-state index in [2.05, 4.69) is 15.9 Å². The molecule has 0 heterocycles. The summed E-state index contributed by atoms with van der Waals surface area (Å²) in [6.07, 6.45) is 6.55. The van der Waals surface area contributed by atoms with Gasteiger partial charge in [-0.2, -0.15) is 0 Å². The van der Waals surface area contributed by atoms with Crippen molar-refractivity contribution in [2.45, 2.75) is 44.9 Å². The molecule has 0 saturated heterocycles. The van der Waals surface area contributed by atoms with Crippen molar-refractivity contribution in [3.05, 3.63) is 27.7 Å². The van der Waals surface area contributed by atoms with Crippen molar-refractivity contribution in [1.29, 1.82) is 0 Å². The molecule has 2 rings (SSSR count). The van der Waals surface area contributed by atoms with E-state index in [1.165, 1.54) is 37.7 Å². The highest BCUT2D eigenvalue weighted by molar-refractivity contribution is 9.10. The van der Waals surface area contributed by atoms with Crippen LogP contribution in [0.25, 0.3) is 0 Å². The Balaban J connectivity index is 2.30. The number of rotatable bonds is 1. The van der Waals surface area contributed by atoms with Crippen LogP contribution in [0.2, 0.25) is 0 Å². The molecule has 0 bridgehead atoms. The highest BCUT2D eigenvalue weighted by atomic mass is 79.9. The molecule has 0 aromatic heterocycles. The van der Waals surface area contributed by atoms with Crippen molar-refractivity contribution < 1.29 is 5.11 Å². The lowest BCUT2D eigenvalue weighted by atomic mass is 9.84. The van der Waals surface area contributed by atoms with Crippen LogP contribution in [0.5, 0.6) is 5.75 Å². The van der Waals surface area contributed by atoms with Crippen molar-refractivity contribution in [2.24, 2.45) is 0 Å². The van der Waals surface area contributed by atoms with E-state index in [0.717, 1.165) is 10.0 Å². The second kappa shape index (κ2) is 4.56. The number of phenolic OH excluding ortho intramolecular Hbond substituents is 1. The van der Waals surface area contributed by atoms with Gasteiger partial charge in [0.1, 0.15) is 5.75 Å². The average Bonchev–Trinajstić information content (AvgIpc) is 2.25. The van der Waals surface area contributed by atoms with Gasteiger partial charge in [0, 0.05) is 4.47 Å². The van der Waals surface area contributed by atoms with E-state index in [1.54, 1.807) is 0 Å². The largest absolute Gasteiger partial charge is 0.508 e. The number of aromatic hydroxyl groups is 1. The Labute approximate surface area is 99.6 Å². The van der Waals surface area contributed by atoms with Crippen molar-refractivity contribution >= 4 is 15.9 Å². The third-order valence-electron chi connectivity index (χ3n) is 3.36. The van der Waals surface area contributed by atoms with Gasteiger partial charge in [0.2, 0.25) is 0 Å². The van der Waals surface area contributed by atoms with Gasteiger partial charge in [0.25, 0.3) is 0 Å². The molecule has 1 aliphatic carbocycles. The number of aryl methyl sites for hydroxylation is 1. The zero-order chi connectivity index (χ0) is 10.8. The maximum Gasteiger partial charge on any atom is 0.118 e. The second-order valence-corrected chi connectivity index (χ2v) is 5.35. The van der Waals surface area contributed by atoms with Gasteiger partial charge in [0.05, 0.1) is 0 Å². The third-order valence-corrected chi connectivity index (χ3v) is 4.05. The number of hydrogen-bond acceptors (Lipinski definition) is 1. The minimum absolute atomic E-state index is 0.429. The molecule has 82 valence electrons. The first-order valence-corrected chi connectivity index (χ1v) is 6.47. The molecule has 1 fully saturated rings. The molecular weight excluding hydrogens is 252 g/mol. The van der Waals surface area contributed by atoms with Crippen LogP contribution < -0.4 is 0 Å². The van der Waals surface area contributed by atoms with E-state index >= 15 is 0 Å². The van der Waals surface area contributed by atoms with E-state index in [-0.39, 0.29) is 0 Å². The second-order valence-electron chi connectivity index (χ2n) is 4.50. The standard InChI is InChI=1S/C13H17BrO/c1-9-7-12(14)11(8-13(9)15)10-5-3-2-4-6-10/h7-8,10,15H,2-6H2,1H3. The first-order valence-electron chi connectivity index (χ1n) is 5.67. The Hall–Kier alpha value is -0.500. The molecule has 15 heavy (non-hydrogen) atoms. The maximum absolute atomic E-state index is 9.73. The molecule has 0 unspecified atom stereocenters. The van der Waals surface area contributed by atoms with Gasteiger partial charge in [0.15, 0.2) is 0 Å². The zero-order valence-corrected chi connectivity index (χ0v) is 10.7. The Bertz CT molecular complexity index is 354. The minimum Gasteiger partial charge on any atom is -0.508 e. The van der Waals surface area contributed by atoms with Crippen LogP contribution in [0.1, 0.15) is 49.1 Å². The van der Waals surface area contributed by atoms with Crippen LogP contribution in [0.4, 0.5) is 0 Å². The topological polar surface area (TPSA) is 20.2 Å². The van der Waals surface area contributed by atoms with Gasteiger partial charge < -0.3 is 5.11 Å². The molecule has 1 N–H and O–H groups in total. The Kier molecular flexibility index (Phi) is 3.35. The molecular formula is C13H17BrO. The third kappa shape index (κ3) is 2.36. The monoisotopic (exact) mass is 268 g/mol. The Morgan fingerprint density at radius 2 is 1.87 bits per heavy atom. The smallest absolute Gasteiger partial charge is 0.118 e. The average molecular weight is 269 g/mol. The van der Waals surface area contributed by atoms with Crippen LogP contribution in [0.15, 0.2) is 16.6 Å². The normalized spacial score (nSPS) is 18.0. The fourth-order valence-corrected chi connectivity index (χ4v) is 3.19. The minimum atomic E-state index is 0.429. The molecule has 1 aromatic rings. The molecule has 1 aliphatic rings. The van der Waals surface area contributed by atoms with Crippen molar-refractivity contribution in [3.63, 3.8) is 0 Å². The van der Waals surface area contributed by atoms with E-state index in [4.69, 9.17) is 0 Å². The first kappa shape index (κ1) is 11.0. The van der Waals surface area contributed by atoms with Crippen LogP contribution in [-0.4, -0.2) is 5.11 Å². The predicted molar refractivity (Wildman–Crippen MR) is 66.4 cm³/mol. The number of phenols is 1. The molecule has 0 atom stereocenters. The SMILES string of the molecule is Cc1cc(Br)c(C2CCCCC2)cc1O. The Morgan fingerprint density at radius 1 is 1.20 bits per heavy atom. The summed E-state index contributed by atoms with van der Waals surface area (Å²) >= 11 is 3.61. The summed E-state index contributed by atoms with van der Waals surface area (Å²) in [5.74, 6) is 1.07. The Morgan fingerprint density at radius 3 is 2.53 bits per heavy atom. The summed E-state index contributed by atoms with van der Waals surface area (Å²) in [7, 11) is 0. The van der Waals surface area contributed by atoms with Crippen molar-refractivity contribution in [2.75, 3.05) is 0 Å². The molecule has 0 radical (unpaired) electrons. The lowest BCUT2D eigenvalue weighted by molar-refractivity contribution is 0.436. The maximum atomic E-state index is 9.73. The van der Waals surface area contributed by atoms with Gasteiger partial charge in [-0.15, -0.1) is 0 Å². The van der Waals surface area contributed by atoms with E-state index in [1.807, 2.05) is 19.1 Å². The first-order chi connectivity index (χ1) is 7.18. The van der Waals surface area contributed by atoms with Gasteiger partial charge in [-0.1, -0.05) is 35.2 Å². The summed E-state index contributed by atoms with van der Waals surface area (Å²) < 4.78 is 1.16. The van der Waals surface area contributed by atoms with Crippen molar-refractivity contribution in [3.8, 4) is 5.75 Å². The van der Waals surface area contributed by atoms with E-state index in [0.29, 0.717) is 11.7 Å². The molecule has 0 amide bonds. The molecule has 1 nitrogen and oxygen atoms in total. The summed E-state index contributed by atoms with van der Waals surface area (Å²) in [6.45, 7) is 1.94. The zero-order valence-electron chi connectivity index (χ0n) is 9.09. The highest BCUT2D eigenvalue weighted by Gasteiger charge is 2.18. The lowest BCUT2D eigenvalue weighted by Gasteiger charge is -2.23. The number of benzene rings is 1. The quantitative estimate of drug-likeness (QED) is 0.795. The fourth-order valence-electron chi connectivity index (χ4n) is 2.40. The van der Waals surface area contributed by atoms with Crippen LogP contribution in [-0.2, 0) is 0 Å². The van der Waals surface area contributed by atoms with Gasteiger partial charge in [-0.05, 0) is 48.9 Å². The molecule has 1 saturated carbocycles. The summed E-state index contributed by atoms with van der Waals surface area (Å²) in [5.41, 5.74) is 2.24. The van der Waals surface area contributed by atoms with Crippen LogP contribution in [0.3, 0.4) is 0 Å². The van der Waals surface area contributed by atoms with Gasteiger partial charge >= 0.3 is 0 Å². The summed E-state index contributed by atoms with van der Waals surface area (Å²) in [4.78, 5) is 0. The number of halogens is 1.